The van der Waals surface area contributed by atoms with Crippen LogP contribution in [-0.2, 0) is 4.74 Å². The molecule has 2 rings (SSSR count). The molecule has 2 heterocycles. The van der Waals surface area contributed by atoms with Crippen molar-refractivity contribution in [2.24, 2.45) is 0 Å². The average molecular weight is 198 g/mol. The molecule has 1 aliphatic rings. The number of furan rings is 1. The van der Waals surface area contributed by atoms with Crippen LogP contribution in [0.2, 0.25) is 0 Å². The standard InChI is InChI=1S/C10H14O2S/c1-10(2)5-7-12-9(13-10)8-4-3-6-11-8/h3-4,6,9H,5,7H2,1-2H3. The second kappa shape index (κ2) is 3.39. The van der Waals surface area contributed by atoms with E-state index in [2.05, 4.69) is 13.8 Å². The molecule has 0 amide bonds. The summed E-state index contributed by atoms with van der Waals surface area (Å²) < 4.78 is 11.2. The highest BCUT2D eigenvalue weighted by Crippen LogP contribution is 2.45. The Morgan fingerprint density at radius 2 is 2.38 bits per heavy atom. The second-order valence-electron chi connectivity index (χ2n) is 3.85. The first-order valence-electron chi connectivity index (χ1n) is 4.50. The van der Waals surface area contributed by atoms with Crippen LogP contribution in [0.5, 0.6) is 0 Å². The molecule has 0 bridgehead atoms. The fraction of sp³-hybridized carbons (Fsp3) is 0.600. The summed E-state index contributed by atoms with van der Waals surface area (Å²) in [6.45, 7) is 5.32. The normalized spacial score (nSPS) is 27.4. The van der Waals surface area contributed by atoms with Gasteiger partial charge >= 0.3 is 0 Å². The molecule has 0 radical (unpaired) electrons. The van der Waals surface area contributed by atoms with Gasteiger partial charge in [0.25, 0.3) is 0 Å². The first-order chi connectivity index (χ1) is 6.17. The lowest BCUT2D eigenvalue weighted by Crippen LogP contribution is -2.25. The van der Waals surface area contributed by atoms with E-state index in [1.54, 1.807) is 6.26 Å². The Balaban J connectivity index is 2.09. The van der Waals surface area contributed by atoms with E-state index in [9.17, 15) is 0 Å². The molecule has 0 N–H and O–H groups in total. The maximum atomic E-state index is 5.63. The fourth-order valence-electron chi connectivity index (χ4n) is 1.36. The summed E-state index contributed by atoms with van der Waals surface area (Å²) >= 11 is 1.83. The maximum Gasteiger partial charge on any atom is 0.161 e. The number of hydrogen-bond donors (Lipinski definition) is 0. The third-order valence-electron chi connectivity index (χ3n) is 2.17. The van der Waals surface area contributed by atoms with E-state index in [0.717, 1.165) is 18.8 Å². The van der Waals surface area contributed by atoms with E-state index in [1.807, 2.05) is 23.9 Å². The molecule has 3 heteroatoms. The zero-order chi connectivity index (χ0) is 9.31. The lowest BCUT2D eigenvalue weighted by atomic mass is 10.1. The summed E-state index contributed by atoms with van der Waals surface area (Å²) in [5.41, 5.74) is 0.0822. The molecule has 1 aromatic rings. The first-order valence-corrected chi connectivity index (χ1v) is 5.38. The van der Waals surface area contributed by atoms with Gasteiger partial charge in [0.15, 0.2) is 5.44 Å². The summed E-state index contributed by atoms with van der Waals surface area (Å²) in [5.74, 6) is 0.928. The summed E-state index contributed by atoms with van der Waals surface area (Å²) in [6.07, 6.45) is 2.80. The van der Waals surface area contributed by atoms with E-state index >= 15 is 0 Å². The zero-order valence-electron chi connectivity index (χ0n) is 7.95. The molecule has 0 spiro atoms. The fourth-order valence-corrected chi connectivity index (χ4v) is 2.56. The summed E-state index contributed by atoms with van der Waals surface area (Å²) in [5, 5.41) is 0. The highest BCUT2D eigenvalue weighted by Gasteiger charge is 2.31. The van der Waals surface area contributed by atoms with Gasteiger partial charge in [-0.25, -0.2) is 0 Å². The van der Waals surface area contributed by atoms with E-state index in [0.29, 0.717) is 4.75 Å². The van der Waals surface area contributed by atoms with Crippen molar-refractivity contribution in [3.05, 3.63) is 24.2 Å². The maximum absolute atomic E-state index is 5.63. The lowest BCUT2D eigenvalue weighted by molar-refractivity contribution is 0.0791. The summed E-state index contributed by atoms with van der Waals surface area (Å²) in [7, 11) is 0. The monoisotopic (exact) mass is 198 g/mol. The van der Waals surface area contributed by atoms with Crippen LogP contribution >= 0.6 is 11.8 Å². The molecule has 0 saturated carbocycles. The van der Waals surface area contributed by atoms with Gasteiger partial charge in [-0.15, -0.1) is 11.8 Å². The highest BCUT2D eigenvalue weighted by atomic mass is 32.2. The predicted molar refractivity (Wildman–Crippen MR) is 53.7 cm³/mol. The minimum absolute atomic E-state index is 0.0822. The van der Waals surface area contributed by atoms with Crippen molar-refractivity contribution in [3.8, 4) is 0 Å². The number of rotatable bonds is 1. The summed E-state index contributed by atoms with van der Waals surface area (Å²) in [6, 6.07) is 3.87. The van der Waals surface area contributed by atoms with Gasteiger partial charge in [0.2, 0.25) is 0 Å². The molecule has 1 atom stereocenters. The SMILES string of the molecule is CC1(C)CCOC(c2ccco2)S1. The van der Waals surface area contributed by atoms with Gasteiger partial charge in [-0.3, -0.25) is 0 Å². The number of ether oxygens (including phenoxy) is 1. The molecular formula is C10H14O2S. The van der Waals surface area contributed by atoms with Gasteiger partial charge < -0.3 is 9.15 Å². The van der Waals surface area contributed by atoms with Gasteiger partial charge in [0.1, 0.15) is 5.76 Å². The minimum Gasteiger partial charge on any atom is -0.466 e. The Labute approximate surface area is 82.6 Å². The molecule has 0 aliphatic carbocycles. The number of hydrogen-bond acceptors (Lipinski definition) is 3. The first kappa shape index (κ1) is 9.16. The predicted octanol–water partition coefficient (Wildman–Crippen LogP) is 3.21. The Kier molecular flexibility index (Phi) is 2.39. The van der Waals surface area contributed by atoms with Crippen LogP contribution in [0.4, 0.5) is 0 Å². The average Bonchev–Trinajstić information content (AvgIpc) is 2.53. The van der Waals surface area contributed by atoms with Gasteiger partial charge in [0.05, 0.1) is 12.9 Å². The topological polar surface area (TPSA) is 22.4 Å². The Hall–Kier alpha value is -0.410. The zero-order valence-corrected chi connectivity index (χ0v) is 8.76. The van der Waals surface area contributed by atoms with Gasteiger partial charge in [-0.05, 0) is 18.6 Å². The van der Waals surface area contributed by atoms with Crippen molar-refractivity contribution in [2.45, 2.75) is 30.5 Å². The molecule has 0 aromatic carbocycles. The Bertz CT molecular complexity index is 266. The Morgan fingerprint density at radius 3 is 3.00 bits per heavy atom. The van der Waals surface area contributed by atoms with Gasteiger partial charge in [-0.1, -0.05) is 13.8 Å². The summed E-state index contributed by atoms with van der Waals surface area (Å²) in [4.78, 5) is 0. The lowest BCUT2D eigenvalue weighted by Gasteiger charge is -2.33. The van der Waals surface area contributed by atoms with Crippen molar-refractivity contribution in [1.29, 1.82) is 0 Å². The van der Waals surface area contributed by atoms with Crippen LogP contribution in [0.25, 0.3) is 0 Å². The highest BCUT2D eigenvalue weighted by molar-refractivity contribution is 8.00. The Morgan fingerprint density at radius 1 is 1.54 bits per heavy atom. The van der Waals surface area contributed by atoms with Crippen LogP contribution in [0.15, 0.2) is 22.8 Å². The molecule has 1 fully saturated rings. The molecular weight excluding hydrogens is 184 g/mol. The van der Waals surface area contributed by atoms with Crippen LogP contribution in [-0.4, -0.2) is 11.4 Å². The molecule has 1 aromatic heterocycles. The van der Waals surface area contributed by atoms with Crippen molar-refractivity contribution >= 4 is 11.8 Å². The third-order valence-corrected chi connectivity index (χ3v) is 3.60. The van der Waals surface area contributed by atoms with Crippen LogP contribution < -0.4 is 0 Å². The van der Waals surface area contributed by atoms with Crippen LogP contribution in [0.3, 0.4) is 0 Å². The minimum atomic E-state index is 0.0822. The van der Waals surface area contributed by atoms with E-state index in [-0.39, 0.29) is 5.44 Å². The van der Waals surface area contributed by atoms with E-state index < -0.39 is 0 Å². The van der Waals surface area contributed by atoms with Crippen molar-refractivity contribution in [2.75, 3.05) is 6.61 Å². The van der Waals surface area contributed by atoms with Gasteiger partial charge in [0, 0.05) is 4.75 Å². The van der Waals surface area contributed by atoms with Crippen molar-refractivity contribution in [3.63, 3.8) is 0 Å². The molecule has 1 unspecified atom stereocenters. The van der Waals surface area contributed by atoms with E-state index in [4.69, 9.17) is 9.15 Å². The molecule has 2 nitrogen and oxygen atoms in total. The number of thioether (sulfide) groups is 1. The van der Waals surface area contributed by atoms with Crippen LogP contribution in [0.1, 0.15) is 31.5 Å². The van der Waals surface area contributed by atoms with E-state index in [1.165, 1.54) is 0 Å². The van der Waals surface area contributed by atoms with Crippen LogP contribution in [0, 0.1) is 0 Å². The smallest absolute Gasteiger partial charge is 0.161 e. The molecule has 1 saturated heterocycles. The molecule has 13 heavy (non-hydrogen) atoms. The largest absolute Gasteiger partial charge is 0.466 e. The van der Waals surface area contributed by atoms with Gasteiger partial charge in [-0.2, -0.15) is 0 Å². The second-order valence-corrected chi connectivity index (χ2v) is 5.61. The van der Waals surface area contributed by atoms with Crippen molar-refractivity contribution in [1.82, 2.24) is 0 Å². The molecule has 72 valence electrons. The quantitative estimate of drug-likeness (QED) is 0.692. The van der Waals surface area contributed by atoms with Crippen molar-refractivity contribution < 1.29 is 9.15 Å². The molecule has 1 aliphatic heterocycles. The third kappa shape index (κ3) is 2.09.